The molecular weight excluding hydrogens is 298 g/mol. The van der Waals surface area contributed by atoms with Crippen LogP contribution in [-0.2, 0) is 16.1 Å². The van der Waals surface area contributed by atoms with E-state index in [1.54, 1.807) is 6.20 Å². The second kappa shape index (κ2) is 10.6. The van der Waals surface area contributed by atoms with Gasteiger partial charge in [-0.15, -0.1) is 6.58 Å². The predicted molar refractivity (Wildman–Crippen MR) is 98.7 cm³/mol. The van der Waals surface area contributed by atoms with Gasteiger partial charge in [-0.25, -0.2) is 0 Å². The molecule has 0 aliphatic rings. The number of para-hydroxylation sites is 1. The van der Waals surface area contributed by atoms with Crippen LogP contribution < -0.4 is 0 Å². The molecule has 2 rings (SSSR count). The first-order valence-corrected chi connectivity index (χ1v) is 8.90. The summed E-state index contributed by atoms with van der Waals surface area (Å²) in [5, 5.41) is 1.05. The summed E-state index contributed by atoms with van der Waals surface area (Å²) in [7, 11) is 0. The largest absolute Gasteiger partial charge is 0.461 e. The quantitative estimate of drug-likeness (QED) is 0.307. The first-order valence-electron chi connectivity index (χ1n) is 8.90. The number of hydrogen-bond donors (Lipinski definition) is 0. The molecule has 0 atom stereocenters. The Morgan fingerprint density at radius 2 is 1.79 bits per heavy atom. The highest BCUT2D eigenvalue weighted by atomic mass is 16.5. The Morgan fingerprint density at radius 1 is 1.04 bits per heavy atom. The van der Waals surface area contributed by atoms with Gasteiger partial charge in [0, 0.05) is 23.6 Å². The molecule has 0 N–H and O–H groups in total. The molecule has 0 saturated heterocycles. The minimum absolute atomic E-state index is 0.109. The maximum atomic E-state index is 11.9. The second-order valence-electron chi connectivity index (χ2n) is 6.10. The van der Waals surface area contributed by atoms with Crippen molar-refractivity contribution in [1.29, 1.82) is 0 Å². The van der Waals surface area contributed by atoms with Gasteiger partial charge < -0.3 is 4.74 Å². The smallest absolute Gasteiger partial charge is 0.306 e. The number of carbonyl (C=O) groups excluding carboxylic acids is 1. The molecule has 0 aliphatic carbocycles. The Bertz CT molecular complexity index is 646. The van der Waals surface area contributed by atoms with Crippen molar-refractivity contribution in [2.45, 2.75) is 58.0 Å². The first-order chi connectivity index (χ1) is 11.8. The van der Waals surface area contributed by atoms with Crippen molar-refractivity contribution in [3.05, 3.63) is 54.7 Å². The Hall–Kier alpha value is -2.16. The fourth-order valence-electron chi connectivity index (χ4n) is 2.78. The van der Waals surface area contributed by atoms with Crippen molar-refractivity contribution >= 4 is 16.9 Å². The normalized spacial score (nSPS) is 10.7. The number of nitrogens with zero attached hydrogens (tertiary/aromatic N) is 1. The molecule has 0 bridgehead atoms. The molecule has 128 valence electrons. The van der Waals surface area contributed by atoms with Gasteiger partial charge >= 0.3 is 5.97 Å². The molecule has 24 heavy (non-hydrogen) atoms. The molecule has 3 nitrogen and oxygen atoms in total. The average Bonchev–Trinajstić information content (AvgIpc) is 2.62. The zero-order valence-corrected chi connectivity index (χ0v) is 14.4. The highest BCUT2D eigenvalue weighted by Gasteiger charge is 2.06. The number of ether oxygens (including phenoxy) is 1. The van der Waals surface area contributed by atoms with Gasteiger partial charge in [-0.2, -0.15) is 0 Å². The zero-order valence-electron chi connectivity index (χ0n) is 14.4. The zero-order chi connectivity index (χ0) is 17.0. The maximum Gasteiger partial charge on any atom is 0.306 e. The third kappa shape index (κ3) is 6.15. The van der Waals surface area contributed by atoms with Gasteiger partial charge in [-0.05, 0) is 31.4 Å². The van der Waals surface area contributed by atoms with Gasteiger partial charge in [0.25, 0.3) is 0 Å². The molecular formula is C21H27NO2. The number of pyridine rings is 1. The van der Waals surface area contributed by atoms with Gasteiger partial charge in [-0.3, -0.25) is 9.78 Å². The molecule has 1 aromatic heterocycles. The third-order valence-electron chi connectivity index (χ3n) is 4.17. The minimum Gasteiger partial charge on any atom is -0.461 e. The molecule has 0 fully saturated rings. The molecule has 0 amide bonds. The van der Waals surface area contributed by atoms with E-state index in [1.165, 1.54) is 25.7 Å². The predicted octanol–water partition coefficient (Wildman–Crippen LogP) is 5.58. The Labute approximate surface area is 144 Å². The number of benzene rings is 1. The Balaban J connectivity index is 1.63. The van der Waals surface area contributed by atoms with Gasteiger partial charge in [0.1, 0.15) is 6.61 Å². The van der Waals surface area contributed by atoms with Crippen molar-refractivity contribution in [2.24, 2.45) is 0 Å². The molecule has 3 heteroatoms. The summed E-state index contributed by atoms with van der Waals surface area (Å²) in [6.07, 6.45) is 12.3. The van der Waals surface area contributed by atoms with Crippen LogP contribution in [0.2, 0.25) is 0 Å². The van der Waals surface area contributed by atoms with Gasteiger partial charge in [-0.1, -0.05) is 50.0 Å². The molecule has 1 heterocycles. The van der Waals surface area contributed by atoms with Gasteiger partial charge in [0.15, 0.2) is 0 Å². The van der Waals surface area contributed by atoms with Crippen LogP contribution in [-0.4, -0.2) is 11.0 Å². The summed E-state index contributed by atoms with van der Waals surface area (Å²) in [5.41, 5.74) is 1.94. The van der Waals surface area contributed by atoms with E-state index in [1.807, 2.05) is 36.4 Å². The first kappa shape index (κ1) is 18.2. The van der Waals surface area contributed by atoms with Crippen molar-refractivity contribution in [2.75, 3.05) is 0 Å². The molecule has 0 spiro atoms. The number of esters is 1. The van der Waals surface area contributed by atoms with E-state index < -0.39 is 0 Å². The van der Waals surface area contributed by atoms with E-state index in [9.17, 15) is 4.79 Å². The molecule has 1 aromatic carbocycles. The fourth-order valence-corrected chi connectivity index (χ4v) is 2.78. The van der Waals surface area contributed by atoms with E-state index in [4.69, 9.17) is 4.74 Å². The van der Waals surface area contributed by atoms with Crippen molar-refractivity contribution < 1.29 is 9.53 Å². The summed E-state index contributed by atoms with van der Waals surface area (Å²) in [5.74, 6) is -0.109. The number of aromatic nitrogens is 1. The number of hydrogen-bond acceptors (Lipinski definition) is 3. The number of carbonyl (C=O) groups is 1. The van der Waals surface area contributed by atoms with Crippen LogP contribution >= 0.6 is 0 Å². The monoisotopic (exact) mass is 325 g/mol. The molecule has 0 aliphatic heterocycles. The van der Waals surface area contributed by atoms with E-state index in [0.29, 0.717) is 13.0 Å². The third-order valence-corrected chi connectivity index (χ3v) is 4.17. The van der Waals surface area contributed by atoms with Gasteiger partial charge in [0.05, 0.1) is 5.52 Å². The van der Waals surface area contributed by atoms with Crippen LogP contribution in [0, 0.1) is 0 Å². The number of rotatable bonds is 11. The summed E-state index contributed by atoms with van der Waals surface area (Å²) < 4.78 is 5.42. The summed E-state index contributed by atoms with van der Waals surface area (Å²) in [6, 6.07) is 9.83. The molecule has 2 aromatic rings. The number of allylic oxidation sites excluding steroid dienone is 1. The number of fused-ring (bicyclic) bond motifs is 1. The fraction of sp³-hybridized carbons (Fsp3) is 0.429. The standard InChI is InChI=1S/C21H27NO2/c1-2-3-4-5-6-7-8-9-14-21(23)24-17-18-15-16-22-20-13-11-10-12-19(18)20/h2,10-13,15-16H,1,3-9,14,17H2. The SMILES string of the molecule is C=CCCCCCCCCC(=O)OCc1ccnc2ccccc12. The topological polar surface area (TPSA) is 39.2 Å². The van der Waals surface area contributed by atoms with E-state index in [-0.39, 0.29) is 5.97 Å². The lowest BCUT2D eigenvalue weighted by Crippen LogP contribution is -2.04. The highest BCUT2D eigenvalue weighted by molar-refractivity contribution is 5.82. The van der Waals surface area contributed by atoms with E-state index in [2.05, 4.69) is 11.6 Å². The van der Waals surface area contributed by atoms with Crippen LogP contribution in [0.3, 0.4) is 0 Å². The number of unbranched alkanes of at least 4 members (excludes halogenated alkanes) is 6. The lowest BCUT2D eigenvalue weighted by molar-refractivity contribution is -0.145. The molecule has 0 radical (unpaired) electrons. The van der Waals surface area contributed by atoms with Crippen LogP contribution in [0.5, 0.6) is 0 Å². The summed E-state index contributed by atoms with van der Waals surface area (Å²) >= 11 is 0. The second-order valence-corrected chi connectivity index (χ2v) is 6.10. The Kier molecular flexibility index (Phi) is 8.02. The van der Waals surface area contributed by atoms with Crippen molar-refractivity contribution in [3.63, 3.8) is 0 Å². The van der Waals surface area contributed by atoms with Crippen molar-refractivity contribution in [1.82, 2.24) is 4.98 Å². The summed E-state index contributed by atoms with van der Waals surface area (Å²) in [4.78, 5) is 16.2. The van der Waals surface area contributed by atoms with E-state index in [0.717, 1.165) is 35.7 Å². The van der Waals surface area contributed by atoms with Crippen molar-refractivity contribution in [3.8, 4) is 0 Å². The average molecular weight is 325 g/mol. The van der Waals surface area contributed by atoms with Crippen LogP contribution in [0.1, 0.15) is 56.9 Å². The maximum absolute atomic E-state index is 11.9. The highest BCUT2D eigenvalue weighted by Crippen LogP contribution is 2.17. The van der Waals surface area contributed by atoms with E-state index >= 15 is 0 Å². The lowest BCUT2D eigenvalue weighted by Gasteiger charge is -2.07. The molecule has 0 saturated carbocycles. The lowest BCUT2D eigenvalue weighted by atomic mass is 10.1. The van der Waals surface area contributed by atoms with Crippen LogP contribution in [0.15, 0.2) is 49.2 Å². The Morgan fingerprint density at radius 3 is 2.62 bits per heavy atom. The van der Waals surface area contributed by atoms with Crippen LogP contribution in [0.4, 0.5) is 0 Å². The molecule has 0 unspecified atom stereocenters. The minimum atomic E-state index is -0.109. The van der Waals surface area contributed by atoms with Crippen LogP contribution in [0.25, 0.3) is 10.9 Å². The summed E-state index contributed by atoms with van der Waals surface area (Å²) in [6.45, 7) is 4.05. The van der Waals surface area contributed by atoms with Gasteiger partial charge in [0.2, 0.25) is 0 Å².